The summed E-state index contributed by atoms with van der Waals surface area (Å²) in [6.45, 7) is 0. The van der Waals surface area contributed by atoms with Crippen LogP contribution in [0.3, 0.4) is 0 Å². The van der Waals surface area contributed by atoms with Gasteiger partial charge in [-0.05, 0) is 42.5 Å². The van der Waals surface area contributed by atoms with Crippen LogP contribution in [0.25, 0.3) is 0 Å². The largest absolute Gasteiger partial charge is 0.433 e. The second kappa shape index (κ2) is 9.90. The molecule has 0 fully saturated rings. The van der Waals surface area contributed by atoms with E-state index in [4.69, 9.17) is 23.2 Å². The van der Waals surface area contributed by atoms with E-state index >= 15 is 0 Å². The molecule has 0 radical (unpaired) electrons. The van der Waals surface area contributed by atoms with E-state index in [2.05, 4.69) is 20.8 Å². The molecule has 0 spiro atoms. The third-order valence-corrected chi connectivity index (χ3v) is 4.90. The van der Waals surface area contributed by atoms with E-state index in [-0.39, 0.29) is 21.3 Å². The maximum atomic E-state index is 13.1. The van der Waals surface area contributed by atoms with Crippen LogP contribution in [0.5, 0.6) is 0 Å². The summed E-state index contributed by atoms with van der Waals surface area (Å²) >= 11 is 12.0. The molecule has 1 amide bonds. The van der Waals surface area contributed by atoms with Gasteiger partial charge in [-0.2, -0.15) is 31.4 Å². The summed E-state index contributed by atoms with van der Waals surface area (Å²) in [7, 11) is 0. The van der Waals surface area contributed by atoms with Crippen molar-refractivity contribution in [2.45, 2.75) is 12.4 Å². The number of benzene rings is 2. The molecule has 3 rings (SSSR count). The first-order valence-electron chi connectivity index (χ1n) is 9.16. The highest BCUT2D eigenvalue weighted by Crippen LogP contribution is 2.33. The van der Waals surface area contributed by atoms with Gasteiger partial charge in [-0.1, -0.05) is 35.3 Å². The second-order valence-corrected chi connectivity index (χ2v) is 7.44. The highest BCUT2D eigenvalue weighted by Gasteiger charge is 2.34. The monoisotopic (exact) mass is 520 g/mol. The average Bonchev–Trinajstić information content (AvgIpc) is 2.74. The predicted molar refractivity (Wildman–Crippen MR) is 115 cm³/mol. The molecule has 34 heavy (non-hydrogen) atoms. The van der Waals surface area contributed by atoms with Crippen LogP contribution in [-0.4, -0.2) is 17.1 Å². The topological polar surface area (TPSA) is 66.4 Å². The molecule has 0 bridgehead atoms. The molecule has 13 heteroatoms. The number of aromatic nitrogens is 1. The van der Waals surface area contributed by atoms with Gasteiger partial charge in [0, 0.05) is 11.3 Å². The fourth-order valence-electron chi connectivity index (χ4n) is 2.66. The SMILES string of the molecule is O=C(N/N=C/c1c(Cl)cccc1Cl)c1ccc(C(F)(F)F)nc1Nc1cccc(C(F)(F)F)c1. The van der Waals surface area contributed by atoms with E-state index in [0.29, 0.717) is 12.1 Å². The number of nitrogens with zero attached hydrogens (tertiary/aromatic N) is 2. The molecule has 178 valence electrons. The van der Waals surface area contributed by atoms with E-state index < -0.39 is 40.9 Å². The van der Waals surface area contributed by atoms with Crippen LogP contribution in [0.2, 0.25) is 10.0 Å². The number of carbonyl (C=O) groups is 1. The van der Waals surface area contributed by atoms with Crippen molar-refractivity contribution in [3.05, 3.63) is 87.0 Å². The van der Waals surface area contributed by atoms with Crippen LogP contribution in [0, 0.1) is 0 Å². The first-order valence-corrected chi connectivity index (χ1v) is 9.92. The molecule has 5 nitrogen and oxygen atoms in total. The van der Waals surface area contributed by atoms with Gasteiger partial charge >= 0.3 is 12.4 Å². The Hall–Kier alpha value is -3.31. The minimum absolute atomic E-state index is 0.230. The molecule has 0 aliphatic carbocycles. The molecule has 2 N–H and O–H groups in total. The third-order valence-electron chi connectivity index (χ3n) is 4.24. The first kappa shape index (κ1) is 25.3. The molecule has 3 aromatic rings. The number of alkyl halides is 6. The lowest BCUT2D eigenvalue weighted by atomic mass is 10.1. The summed E-state index contributed by atoms with van der Waals surface area (Å²) in [4.78, 5) is 15.9. The predicted octanol–water partition coefficient (Wildman–Crippen LogP) is 6.93. The van der Waals surface area contributed by atoms with Crippen LogP contribution < -0.4 is 10.7 Å². The highest BCUT2D eigenvalue weighted by atomic mass is 35.5. The van der Waals surface area contributed by atoms with E-state index in [9.17, 15) is 31.1 Å². The van der Waals surface area contributed by atoms with Crippen molar-refractivity contribution in [1.29, 1.82) is 0 Å². The Morgan fingerprint density at radius 2 is 1.56 bits per heavy atom. The number of hydrogen-bond acceptors (Lipinski definition) is 4. The molecule has 1 heterocycles. The van der Waals surface area contributed by atoms with Gasteiger partial charge in [0.05, 0.1) is 27.4 Å². The molecular formula is C21H12Cl2F6N4O. The number of carbonyl (C=O) groups excluding carboxylic acids is 1. The lowest BCUT2D eigenvalue weighted by Gasteiger charge is -2.14. The summed E-state index contributed by atoms with van der Waals surface area (Å²) in [6, 6.07) is 9.68. The number of nitrogens with one attached hydrogen (secondary N) is 2. The Morgan fingerprint density at radius 1 is 0.912 bits per heavy atom. The van der Waals surface area contributed by atoms with Gasteiger partial charge in [0.2, 0.25) is 0 Å². The molecule has 0 saturated heterocycles. The Balaban J connectivity index is 1.93. The molecular weight excluding hydrogens is 509 g/mol. The standard InChI is InChI=1S/C21H12Cl2F6N4O/c22-15-5-2-6-16(23)14(15)10-30-33-19(34)13-7-8-17(21(27,28)29)32-18(13)31-12-4-1-3-11(9-12)20(24,25)26/h1-10H,(H,31,32)(H,33,34)/b30-10+. The summed E-state index contributed by atoms with van der Waals surface area (Å²) in [5, 5.41) is 6.48. The van der Waals surface area contributed by atoms with Gasteiger partial charge in [-0.15, -0.1) is 0 Å². The van der Waals surface area contributed by atoms with Crippen LogP contribution in [0.4, 0.5) is 37.8 Å². The van der Waals surface area contributed by atoms with Crippen LogP contribution >= 0.6 is 23.2 Å². The van der Waals surface area contributed by atoms with Crippen molar-refractivity contribution >= 4 is 46.8 Å². The van der Waals surface area contributed by atoms with Crippen molar-refractivity contribution in [3.8, 4) is 0 Å². The van der Waals surface area contributed by atoms with Gasteiger partial charge in [-0.25, -0.2) is 10.4 Å². The number of pyridine rings is 1. The fraction of sp³-hybridized carbons (Fsp3) is 0.0952. The zero-order chi connectivity index (χ0) is 25.1. The molecule has 0 unspecified atom stereocenters. The number of hydrazone groups is 1. The zero-order valence-electron chi connectivity index (χ0n) is 16.6. The first-order chi connectivity index (χ1) is 15.9. The quantitative estimate of drug-likeness (QED) is 0.217. The maximum Gasteiger partial charge on any atom is 0.433 e. The number of anilines is 2. The third kappa shape index (κ3) is 6.17. The van der Waals surface area contributed by atoms with Crippen molar-refractivity contribution in [2.75, 3.05) is 5.32 Å². The number of rotatable bonds is 5. The van der Waals surface area contributed by atoms with E-state index in [1.54, 1.807) is 6.07 Å². The summed E-state index contributed by atoms with van der Waals surface area (Å²) in [5.74, 6) is -1.62. The van der Waals surface area contributed by atoms with Gasteiger partial charge in [0.25, 0.3) is 5.91 Å². The van der Waals surface area contributed by atoms with Crippen LogP contribution in [-0.2, 0) is 12.4 Å². The Bertz CT molecular complexity index is 1220. The van der Waals surface area contributed by atoms with E-state index in [1.165, 1.54) is 18.2 Å². The van der Waals surface area contributed by atoms with E-state index in [1.807, 2.05) is 0 Å². The van der Waals surface area contributed by atoms with Crippen LogP contribution in [0.15, 0.2) is 59.7 Å². The lowest BCUT2D eigenvalue weighted by Crippen LogP contribution is -2.21. The Morgan fingerprint density at radius 3 is 2.18 bits per heavy atom. The highest BCUT2D eigenvalue weighted by molar-refractivity contribution is 6.38. The van der Waals surface area contributed by atoms with Crippen molar-refractivity contribution < 1.29 is 31.1 Å². The second-order valence-electron chi connectivity index (χ2n) is 6.63. The van der Waals surface area contributed by atoms with E-state index in [0.717, 1.165) is 24.4 Å². The van der Waals surface area contributed by atoms with Crippen molar-refractivity contribution in [3.63, 3.8) is 0 Å². The minimum Gasteiger partial charge on any atom is -0.340 e. The van der Waals surface area contributed by atoms with Gasteiger partial charge in [0.15, 0.2) is 0 Å². The van der Waals surface area contributed by atoms with Crippen molar-refractivity contribution in [2.24, 2.45) is 5.10 Å². The smallest absolute Gasteiger partial charge is 0.340 e. The number of halogens is 8. The molecule has 2 aromatic carbocycles. The Labute approximate surface area is 198 Å². The summed E-state index contributed by atoms with van der Waals surface area (Å²) < 4.78 is 78.4. The molecule has 1 aromatic heterocycles. The van der Waals surface area contributed by atoms with Crippen molar-refractivity contribution in [1.82, 2.24) is 10.4 Å². The lowest BCUT2D eigenvalue weighted by molar-refractivity contribution is -0.141. The number of amides is 1. The molecule has 0 atom stereocenters. The van der Waals surface area contributed by atoms with Gasteiger partial charge in [0.1, 0.15) is 11.5 Å². The minimum atomic E-state index is -4.86. The molecule has 0 saturated carbocycles. The molecule has 0 aliphatic rings. The zero-order valence-corrected chi connectivity index (χ0v) is 18.1. The van der Waals surface area contributed by atoms with Crippen LogP contribution in [0.1, 0.15) is 27.2 Å². The number of hydrogen-bond donors (Lipinski definition) is 2. The normalized spacial score (nSPS) is 12.1. The summed E-state index contributed by atoms with van der Waals surface area (Å²) in [6.07, 6.45) is -8.42. The Kier molecular flexibility index (Phi) is 7.37. The van der Waals surface area contributed by atoms with Gasteiger partial charge in [-0.3, -0.25) is 4.79 Å². The summed E-state index contributed by atoms with van der Waals surface area (Å²) in [5.41, 5.74) is -0.674. The fourth-order valence-corrected chi connectivity index (χ4v) is 3.15. The van der Waals surface area contributed by atoms with Gasteiger partial charge < -0.3 is 5.32 Å². The average molecular weight is 521 g/mol. The maximum absolute atomic E-state index is 13.1. The molecule has 0 aliphatic heterocycles.